The van der Waals surface area contributed by atoms with Crippen molar-refractivity contribution in [1.82, 2.24) is 14.5 Å². The van der Waals surface area contributed by atoms with Crippen molar-refractivity contribution in [2.45, 2.75) is 37.2 Å². The predicted octanol–water partition coefficient (Wildman–Crippen LogP) is 3.32. The number of likely N-dealkylation sites (tertiary alicyclic amines) is 1. The number of fused-ring (bicyclic) bond motifs is 1. The molecule has 0 amide bonds. The first-order valence-corrected chi connectivity index (χ1v) is 7.76. The molecule has 2 aromatic rings. The number of aromatic nitrogens is 2. The van der Waals surface area contributed by atoms with E-state index in [0.717, 1.165) is 36.9 Å². The molecule has 3 nitrogen and oxygen atoms in total. The Bertz CT molecular complexity index is 650. The average molecular weight is 294 g/mol. The molecule has 4 rings (SSSR count). The molecule has 0 N–H and O–H groups in total. The van der Waals surface area contributed by atoms with Crippen LogP contribution in [0.1, 0.15) is 31.1 Å². The van der Waals surface area contributed by atoms with Crippen molar-refractivity contribution in [2.24, 2.45) is 0 Å². The van der Waals surface area contributed by atoms with E-state index in [9.17, 15) is 4.39 Å². The van der Waals surface area contributed by atoms with E-state index in [2.05, 4.69) is 14.5 Å². The molecule has 1 aliphatic carbocycles. The van der Waals surface area contributed by atoms with Crippen molar-refractivity contribution in [3.05, 3.63) is 29.8 Å². The molecular weight excluding hydrogens is 277 g/mol. The summed E-state index contributed by atoms with van der Waals surface area (Å²) in [5, 5.41) is 0. The van der Waals surface area contributed by atoms with Crippen molar-refractivity contribution < 1.29 is 4.39 Å². The second kappa shape index (κ2) is 4.71. The fourth-order valence-corrected chi connectivity index (χ4v) is 3.57. The van der Waals surface area contributed by atoms with Crippen LogP contribution in [0.5, 0.6) is 0 Å². The molecule has 5 heteroatoms. The highest BCUT2D eigenvalue weighted by atomic mass is 35.5. The number of nitrogens with zero attached hydrogens (tertiary/aromatic N) is 3. The van der Waals surface area contributed by atoms with Gasteiger partial charge in [-0.05, 0) is 31.4 Å². The number of hydrogen-bond acceptors (Lipinski definition) is 2. The van der Waals surface area contributed by atoms with Crippen LogP contribution in [0.2, 0.25) is 0 Å². The largest absolute Gasteiger partial charge is 0.322 e. The lowest BCUT2D eigenvalue weighted by molar-refractivity contribution is 0.314. The number of rotatable bonds is 3. The Balaban J connectivity index is 1.76. The summed E-state index contributed by atoms with van der Waals surface area (Å²) in [5.74, 6) is 0.854. The first-order valence-electron chi connectivity index (χ1n) is 7.23. The maximum Gasteiger partial charge on any atom is 0.151 e. The van der Waals surface area contributed by atoms with Gasteiger partial charge in [0.25, 0.3) is 0 Å². The summed E-state index contributed by atoms with van der Waals surface area (Å²) in [6.07, 6.45) is 3.76. The number of benzene rings is 1. The molecular formula is C15H17ClFN3. The zero-order valence-electron chi connectivity index (χ0n) is 11.2. The summed E-state index contributed by atoms with van der Waals surface area (Å²) in [6.45, 7) is 2.17. The van der Waals surface area contributed by atoms with Crippen molar-refractivity contribution in [3.8, 4) is 0 Å². The Morgan fingerprint density at radius 3 is 2.85 bits per heavy atom. The molecule has 0 bridgehead atoms. The molecule has 0 radical (unpaired) electrons. The fraction of sp³-hybridized carbons (Fsp3) is 0.533. The maximum absolute atomic E-state index is 13.9. The van der Waals surface area contributed by atoms with E-state index in [-0.39, 0.29) is 5.82 Å². The summed E-state index contributed by atoms with van der Waals surface area (Å²) in [6, 6.07) is 6.31. The van der Waals surface area contributed by atoms with Crippen LogP contribution in [-0.4, -0.2) is 33.6 Å². The van der Waals surface area contributed by atoms with Gasteiger partial charge in [0.15, 0.2) is 5.82 Å². The lowest BCUT2D eigenvalue weighted by Crippen LogP contribution is -2.24. The molecule has 1 saturated carbocycles. The van der Waals surface area contributed by atoms with Gasteiger partial charge in [-0.2, -0.15) is 0 Å². The van der Waals surface area contributed by atoms with Gasteiger partial charge in [0.1, 0.15) is 11.3 Å². The van der Waals surface area contributed by atoms with Crippen LogP contribution in [0.4, 0.5) is 4.39 Å². The quantitative estimate of drug-likeness (QED) is 0.810. The molecule has 2 aliphatic rings. The highest BCUT2D eigenvalue weighted by Gasteiger charge is 2.36. The molecule has 1 atom stereocenters. The van der Waals surface area contributed by atoms with E-state index in [1.165, 1.54) is 18.9 Å². The predicted molar refractivity (Wildman–Crippen MR) is 77.5 cm³/mol. The van der Waals surface area contributed by atoms with E-state index in [4.69, 9.17) is 11.6 Å². The number of halogens is 2. The van der Waals surface area contributed by atoms with Gasteiger partial charge in [-0.25, -0.2) is 9.37 Å². The molecule has 106 valence electrons. The van der Waals surface area contributed by atoms with Crippen molar-refractivity contribution in [2.75, 3.05) is 13.1 Å². The molecule has 2 fully saturated rings. The van der Waals surface area contributed by atoms with Crippen molar-refractivity contribution >= 4 is 22.6 Å². The van der Waals surface area contributed by atoms with Gasteiger partial charge in [-0.1, -0.05) is 6.07 Å². The van der Waals surface area contributed by atoms with Crippen LogP contribution in [-0.2, 0) is 5.88 Å². The lowest BCUT2D eigenvalue weighted by Gasteiger charge is -2.18. The van der Waals surface area contributed by atoms with Gasteiger partial charge < -0.3 is 4.57 Å². The summed E-state index contributed by atoms with van der Waals surface area (Å²) in [7, 11) is 0. The van der Waals surface area contributed by atoms with Crippen LogP contribution in [0, 0.1) is 5.82 Å². The number of para-hydroxylation sites is 1. The van der Waals surface area contributed by atoms with Crippen LogP contribution in [0.3, 0.4) is 0 Å². The summed E-state index contributed by atoms with van der Waals surface area (Å²) in [5.41, 5.74) is 1.33. The molecule has 1 aromatic carbocycles. The smallest absolute Gasteiger partial charge is 0.151 e. The van der Waals surface area contributed by atoms with Crippen molar-refractivity contribution in [3.63, 3.8) is 0 Å². The zero-order chi connectivity index (χ0) is 13.7. The van der Waals surface area contributed by atoms with Crippen molar-refractivity contribution in [1.29, 1.82) is 0 Å². The van der Waals surface area contributed by atoms with Crippen LogP contribution < -0.4 is 0 Å². The molecule has 1 aromatic heterocycles. The van der Waals surface area contributed by atoms with E-state index in [0.29, 0.717) is 17.4 Å². The Labute approximate surface area is 122 Å². The van der Waals surface area contributed by atoms with Gasteiger partial charge in [0.2, 0.25) is 0 Å². The number of imidazole rings is 1. The topological polar surface area (TPSA) is 21.1 Å². The van der Waals surface area contributed by atoms with E-state index in [1.54, 1.807) is 6.07 Å². The van der Waals surface area contributed by atoms with Crippen LogP contribution in [0.15, 0.2) is 18.2 Å². The van der Waals surface area contributed by atoms with Gasteiger partial charge in [-0.15, -0.1) is 11.6 Å². The SMILES string of the molecule is Fc1cccc2c1nc(CCl)n2C1CCN(C2CC2)C1. The second-order valence-corrected chi connectivity index (χ2v) is 6.08. The highest BCUT2D eigenvalue weighted by molar-refractivity contribution is 6.16. The molecule has 1 saturated heterocycles. The first-order chi connectivity index (χ1) is 9.78. The van der Waals surface area contributed by atoms with Gasteiger partial charge in [0, 0.05) is 25.2 Å². The Hall–Kier alpha value is -1.13. The molecule has 2 heterocycles. The molecule has 20 heavy (non-hydrogen) atoms. The monoisotopic (exact) mass is 293 g/mol. The van der Waals surface area contributed by atoms with Gasteiger partial charge >= 0.3 is 0 Å². The third-order valence-corrected chi connectivity index (χ3v) is 4.73. The van der Waals surface area contributed by atoms with Gasteiger partial charge in [0.05, 0.1) is 11.4 Å². The summed E-state index contributed by atoms with van der Waals surface area (Å²) in [4.78, 5) is 6.95. The fourth-order valence-electron chi connectivity index (χ4n) is 3.38. The second-order valence-electron chi connectivity index (χ2n) is 5.81. The number of alkyl halides is 1. The third kappa shape index (κ3) is 1.93. The van der Waals surface area contributed by atoms with E-state index >= 15 is 0 Å². The average Bonchev–Trinajstić information content (AvgIpc) is 3.06. The molecule has 1 aliphatic heterocycles. The lowest BCUT2D eigenvalue weighted by atomic mass is 10.2. The molecule has 0 spiro atoms. The highest BCUT2D eigenvalue weighted by Crippen LogP contribution is 2.35. The van der Waals surface area contributed by atoms with Crippen LogP contribution >= 0.6 is 11.6 Å². The minimum atomic E-state index is -0.260. The third-order valence-electron chi connectivity index (χ3n) is 4.49. The minimum absolute atomic E-state index is 0.260. The minimum Gasteiger partial charge on any atom is -0.322 e. The standard InChI is InChI=1S/C15H17ClFN3/c16-8-14-18-15-12(17)2-1-3-13(15)20(14)11-6-7-19(9-11)10-4-5-10/h1-3,10-11H,4-9H2. The maximum atomic E-state index is 13.9. The van der Waals surface area contributed by atoms with E-state index < -0.39 is 0 Å². The Morgan fingerprint density at radius 1 is 1.25 bits per heavy atom. The summed E-state index contributed by atoms with van der Waals surface area (Å²) < 4.78 is 16.0. The first kappa shape index (κ1) is 12.6. The normalized spacial score (nSPS) is 23.8. The Morgan fingerprint density at radius 2 is 2.10 bits per heavy atom. The number of hydrogen-bond donors (Lipinski definition) is 0. The summed E-state index contributed by atoms with van der Waals surface area (Å²) >= 11 is 6.03. The molecule has 1 unspecified atom stereocenters. The van der Waals surface area contributed by atoms with Crippen LogP contribution in [0.25, 0.3) is 11.0 Å². The zero-order valence-corrected chi connectivity index (χ0v) is 12.0. The van der Waals surface area contributed by atoms with E-state index in [1.807, 2.05) is 6.07 Å². The Kier molecular flexibility index (Phi) is 2.97. The van der Waals surface area contributed by atoms with Gasteiger partial charge in [-0.3, -0.25) is 4.90 Å².